The van der Waals surface area contributed by atoms with E-state index in [0.717, 1.165) is 10.4 Å². The van der Waals surface area contributed by atoms with Gasteiger partial charge in [-0.15, -0.1) is 11.3 Å². The van der Waals surface area contributed by atoms with Gasteiger partial charge in [-0.05, 0) is 67.9 Å². The molecule has 2 heterocycles. The summed E-state index contributed by atoms with van der Waals surface area (Å²) in [5.41, 5.74) is 2.03. The molecule has 0 spiro atoms. The number of methoxy groups -OCH3 is 1. The summed E-state index contributed by atoms with van der Waals surface area (Å²) in [5, 5.41) is 1.67. The molecule has 0 amide bonds. The molecular formula is C23H19ClN2O3S2. The zero-order chi connectivity index (χ0) is 22.1. The quantitative estimate of drug-likeness (QED) is 0.205. The molecule has 2 aromatic heterocycles. The number of nitrogens with zero attached hydrogens (tertiary/aromatic N) is 2. The number of thioether (sulfide) groups is 1. The van der Waals surface area contributed by atoms with E-state index in [1.54, 1.807) is 60.2 Å². The van der Waals surface area contributed by atoms with Gasteiger partial charge in [0.25, 0.3) is 5.56 Å². The molecule has 5 nitrogen and oxygen atoms in total. The minimum absolute atomic E-state index is 0.0526. The van der Waals surface area contributed by atoms with Gasteiger partial charge < -0.3 is 4.74 Å². The minimum Gasteiger partial charge on any atom is -0.497 e. The van der Waals surface area contributed by atoms with Crippen LogP contribution in [0.2, 0.25) is 5.02 Å². The normalized spacial score (nSPS) is 11.1. The number of aryl methyl sites for hydroxylation is 2. The number of benzene rings is 2. The number of aromatic nitrogens is 2. The smallest absolute Gasteiger partial charge is 0.267 e. The van der Waals surface area contributed by atoms with E-state index in [2.05, 4.69) is 0 Å². The van der Waals surface area contributed by atoms with Gasteiger partial charge in [0, 0.05) is 15.5 Å². The second-order valence-corrected chi connectivity index (χ2v) is 9.50. The van der Waals surface area contributed by atoms with Crippen molar-refractivity contribution in [2.24, 2.45) is 0 Å². The molecule has 0 radical (unpaired) electrons. The van der Waals surface area contributed by atoms with Crippen molar-refractivity contribution in [3.05, 3.63) is 79.9 Å². The summed E-state index contributed by atoms with van der Waals surface area (Å²) in [6.45, 7) is 3.91. The second kappa shape index (κ2) is 8.86. The minimum atomic E-state index is -0.145. The predicted molar refractivity (Wildman–Crippen MR) is 128 cm³/mol. The SMILES string of the molecule is COc1ccc(C(=O)CSc2nc3sc(C)c(C)c3c(=O)n2-c2ccc(Cl)cc2)cc1. The van der Waals surface area contributed by atoms with E-state index in [-0.39, 0.29) is 17.1 Å². The lowest BCUT2D eigenvalue weighted by molar-refractivity contribution is 0.102. The Labute approximate surface area is 192 Å². The number of rotatable bonds is 6. The monoisotopic (exact) mass is 470 g/mol. The Morgan fingerprint density at radius 1 is 1.13 bits per heavy atom. The molecular weight excluding hydrogens is 452 g/mol. The standard InChI is InChI=1S/C23H19ClN2O3S2/c1-13-14(2)31-21-20(13)22(28)26(17-8-6-16(24)7-9-17)23(25-21)30-12-19(27)15-4-10-18(29-3)11-5-15/h4-11H,12H2,1-3H3. The summed E-state index contributed by atoms with van der Waals surface area (Å²) in [4.78, 5) is 32.7. The van der Waals surface area contributed by atoms with Crippen LogP contribution in [0.4, 0.5) is 0 Å². The fraction of sp³-hybridized carbons (Fsp3) is 0.174. The molecule has 0 aliphatic rings. The van der Waals surface area contributed by atoms with Crippen LogP contribution in [-0.4, -0.2) is 28.2 Å². The van der Waals surface area contributed by atoms with E-state index in [1.165, 1.54) is 23.1 Å². The Hall–Kier alpha value is -2.61. The van der Waals surface area contributed by atoms with Crippen molar-refractivity contribution in [1.82, 2.24) is 9.55 Å². The number of ketones is 1. The Bertz CT molecular complexity index is 1330. The van der Waals surface area contributed by atoms with Crippen LogP contribution in [0.5, 0.6) is 5.75 Å². The Balaban J connectivity index is 1.75. The number of halogens is 1. The summed E-state index contributed by atoms with van der Waals surface area (Å²) < 4.78 is 6.70. The molecule has 4 rings (SSSR count). The Morgan fingerprint density at radius 2 is 1.81 bits per heavy atom. The summed E-state index contributed by atoms with van der Waals surface area (Å²) in [5.74, 6) is 0.792. The molecule has 0 saturated carbocycles. The molecule has 0 unspecified atom stereocenters. The van der Waals surface area contributed by atoms with E-state index in [0.29, 0.717) is 37.4 Å². The highest BCUT2D eigenvalue weighted by Crippen LogP contribution is 2.30. The van der Waals surface area contributed by atoms with Gasteiger partial charge in [0.15, 0.2) is 10.9 Å². The topological polar surface area (TPSA) is 61.2 Å². The largest absolute Gasteiger partial charge is 0.497 e. The molecule has 0 N–H and O–H groups in total. The summed E-state index contributed by atoms with van der Waals surface area (Å²) >= 11 is 8.77. The lowest BCUT2D eigenvalue weighted by Crippen LogP contribution is -2.22. The van der Waals surface area contributed by atoms with Crippen LogP contribution < -0.4 is 10.3 Å². The molecule has 8 heteroatoms. The summed E-state index contributed by atoms with van der Waals surface area (Å²) in [7, 11) is 1.58. The van der Waals surface area contributed by atoms with Crippen LogP contribution in [0.3, 0.4) is 0 Å². The summed E-state index contributed by atoms with van der Waals surface area (Å²) in [6.07, 6.45) is 0. The van der Waals surface area contributed by atoms with Crippen molar-refractivity contribution in [3.8, 4) is 11.4 Å². The fourth-order valence-electron chi connectivity index (χ4n) is 3.18. The third-order valence-electron chi connectivity index (χ3n) is 5.00. The van der Waals surface area contributed by atoms with Crippen molar-refractivity contribution in [2.75, 3.05) is 12.9 Å². The number of hydrogen-bond donors (Lipinski definition) is 0. The first kappa shape index (κ1) is 21.6. The molecule has 0 saturated heterocycles. The van der Waals surface area contributed by atoms with Crippen LogP contribution >= 0.6 is 34.7 Å². The zero-order valence-electron chi connectivity index (χ0n) is 17.1. The molecule has 0 aliphatic carbocycles. The first-order valence-corrected chi connectivity index (χ1v) is 11.7. The number of hydrogen-bond acceptors (Lipinski definition) is 6. The van der Waals surface area contributed by atoms with Gasteiger partial charge in [-0.1, -0.05) is 23.4 Å². The number of fused-ring (bicyclic) bond motifs is 1. The average Bonchev–Trinajstić information content (AvgIpc) is 3.06. The number of carbonyl (C=O) groups is 1. The third kappa shape index (κ3) is 4.26. The number of Topliss-reactive ketones (excluding diaryl/α,β-unsaturated/α-hetero) is 1. The highest BCUT2D eigenvalue weighted by Gasteiger charge is 2.19. The van der Waals surface area contributed by atoms with Gasteiger partial charge in [0.05, 0.1) is 23.9 Å². The predicted octanol–water partition coefficient (Wildman–Crippen LogP) is 5.70. The third-order valence-corrected chi connectivity index (χ3v) is 7.29. The van der Waals surface area contributed by atoms with Crippen molar-refractivity contribution in [1.29, 1.82) is 0 Å². The van der Waals surface area contributed by atoms with Crippen molar-refractivity contribution in [2.45, 2.75) is 19.0 Å². The molecule has 0 bridgehead atoms. The molecule has 4 aromatic rings. The molecule has 158 valence electrons. The van der Waals surface area contributed by atoms with E-state index in [4.69, 9.17) is 21.3 Å². The average molecular weight is 471 g/mol. The van der Waals surface area contributed by atoms with Gasteiger partial charge in [0.2, 0.25) is 0 Å². The van der Waals surface area contributed by atoms with Crippen LogP contribution in [0, 0.1) is 13.8 Å². The molecule has 2 aromatic carbocycles. The molecule has 0 atom stereocenters. The van der Waals surface area contributed by atoms with Crippen LogP contribution in [0.25, 0.3) is 15.9 Å². The van der Waals surface area contributed by atoms with E-state index < -0.39 is 0 Å². The lowest BCUT2D eigenvalue weighted by atomic mass is 10.1. The van der Waals surface area contributed by atoms with E-state index in [1.807, 2.05) is 13.8 Å². The van der Waals surface area contributed by atoms with Gasteiger partial charge in [-0.3, -0.25) is 14.2 Å². The Kier molecular flexibility index (Phi) is 6.18. The van der Waals surface area contributed by atoms with Crippen LogP contribution in [-0.2, 0) is 0 Å². The van der Waals surface area contributed by atoms with Crippen molar-refractivity contribution in [3.63, 3.8) is 0 Å². The Morgan fingerprint density at radius 3 is 2.45 bits per heavy atom. The van der Waals surface area contributed by atoms with Crippen LogP contribution in [0.15, 0.2) is 58.5 Å². The van der Waals surface area contributed by atoms with Crippen molar-refractivity contribution < 1.29 is 9.53 Å². The molecule has 0 fully saturated rings. The van der Waals surface area contributed by atoms with E-state index in [9.17, 15) is 9.59 Å². The number of thiophene rings is 1. The lowest BCUT2D eigenvalue weighted by Gasteiger charge is -2.12. The second-order valence-electron chi connectivity index (χ2n) is 6.92. The number of ether oxygens (including phenoxy) is 1. The first-order valence-electron chi connectivity index (χ1n) is 9.47. The highest BCUT2D eigenvalue weighted by atomic mass is 35.5. The van der Waals surface area contributed by atoms with Gasteiger partial charge >= 0.3 is 0 Å². The highest BCUT2D eigenvalue weighted by molar-refractivity contribution is 7.99. The first-order chi connectivity index (χ1) is 14.9. The van der Waals surface area contributed by atoms with E-state index >= 15 is 0 Å². The maximum Gasteiger partial charge on any atom is 0.267 e. The maximum absolute atomic E-state index is 13.4. The van der Waals surface area contributed by atoms with Gasteiger partial charge in [-0.25, -0.2) is 4.98 Å². The van der Waals surface area contributed by atoms with Gasteiger partial charge in [-0.2, -0.15) is 0 Å². The zero-order valence-corrected chi connectivity index (χ0v) is 19.5. The fourth-order valence-corrected chi connectivity index (χ4v) is 5.28. The maximum atomic E-state index is 13.4. The van der Waals surface area contributed by atoms with Crippen LogP contribution in [0.1, 0.15) is 20.8 Å². The number of carbonyl (C=O) groups excluding carboxylic acids is 1. The van der Waals surface area contributed by atoms with Gasteiger partial charge in [0.1, 0.15) is 10.6 Å². The molecule has 0 aliphatic heterocycles. The van der Waals surface area contributed by atoms with Crippen molar-refractivity contribution >= 4 is 50.7 Å². The molecule has 31 heavy (non-hydrogen) atoms. The summed E-state index contributed by atoms with van der Waals surface area (Å²) in [6, 6.07) is 14.0.